The van der Waals surface area contributed by atoms with Gasteiger partial charge in [-0.15, -0.1) is 11.3 Å². The monoisotopic (exact) mass is 554 g/mol. The van der Waals surface area contributed by atoms with E-state index in [1.807, 2.05) is 47.7 Å². The van der Waals surface area contributed by atoms with E-state index in [1.165, 1.54) is 41.7 Å². The van der Waals surface area contributed by atoms with Crippen LogP contribution in [0.3, 0.4) is 0 Å². The second kappa shape index (κ2) is 9.06. The van der Waals surface area contributed by atoms with Gasteiger partial charge >= 0.3 is 0 Å². The smallest absolute Gasteiger partial charge is 0.238 e. The molecule has 0 N–H and O–H groups in total. The van der Waals surface area contributed by atoms with Gasteiger partial charge in [-0.1, -0.05) is 121 Å². The summed E-state index contributed by atoms with van der Waals surface area (Å²) in [5, 5.41) is 7.47. The number of para-hydroxylation sites is 1. The summed E-state index contributed by atoms with van der Waals surface area (Å²) in [5.74, 6) is 1.92. The molecule has 3 aromatic heterocycles. The van der Waals surface area contributed by atoms with Crippen LogP contribution < -0.4 is 0 Å². The third kappa shape index (κ3) is 3.38. The van der Waals surface area contributed by atoms with E-state index in [-0.39, 0.29) is 0 Å². The first-order valence-corrected chi connectivity index (χ1v) is 14.8. The van der Waals surface area contributed by atoms with Crippen LogP contribution in [0.5, 0.6) is 0 Å². The molecule has 0 radical (unpaired) electrons. The number of nitrogens with zero attached hydrogens (tertiary/aromatic N) is 4. The molecule has 0 atom stereocenters. The number of rotatable bonds is 3. The van der Waals surface area contributed by atoms with Gasteiger partial charge in [-0.25, -0.2) is 4.98 Å². The predicted molar refractivity (Wildman–Crippen MR) is 175 cm³/mol. The molecule has 0 aliphatic rings. The highest BCUT2D eigenvalue weighted by atomic mass is 32.1. The zero-order valence-electron chi connectivity index (χ0n) is 22.4. The van der Waals surface area contributed by atoms with Crippen molar-refractivity contribution in [2.75, 3.05) is 0 Å². The van der Waals surface area contributed by atoms with Crippen LogP contribution in [0.2, 0.25) is 0 Å². The molecule has 3 heterocycles. The molecule has 0 fully saturated rings. The fourth-order valence-electron chi connectivity index (χ4n) is 6.23. The Kier molecular flexibility index (Phi) is 5.03. The summed E-state index contributed by atoms with van der Waals surface area (Å²) in [7, 11) is 0. The van der Waals surface area contributed by atoms with E-state index in [2.05, 4.69) is 102 Å². The number of fused-ring (bicyclic) bond motifs is 10. The molecule has 0 spiro atoms. The van der Waals surface area contributed by atoms with E-state index >= 15 is 0 Å². The van der Waals surface area contributed by atoms with Gasteiger partial charge in [-0.2, -0.15) is 9.97 Å². The normalized spacial score (nSPS) is 11.8. The third-order valence-corrected chi connectivity index (χ3v) is 9.22. The average molecular weight is 555 g/mol. The maximum atomic E-state index is 5.16. The van der Waals surface area contributed by atoms with Crippen LogP contribution in [0.1, 0.15) is 0 Å². The van der Waals surface area contributed by atoms with Crippen molar-refractivity contribution in [2.45, 2.75) is 0 Å². The van der Waals surface area contributed by atoms with E-state index in [0.29, 0.717) is 17.6 Å². The fourth-order valence-corrected chi connectivity index (χ4v) is 7.49. The fraction of sp³-hybridized carbons (Fsp3) is 0. The van der Waals surface area contributed by atoms with Gasteiger partial charge in [-0.05, 0) is 22.9 Å². The second-order valence-corrected chi connectivity index (χ2v) is 11.5. The highest BCUT2D eigenvalue weighted by molar-refractivity contribution is 7.27. The van der Waals surface area contributed by atoms with Crippen LogP contribution in [-0.4, -0.2) is 19.5 Å². The van der Waals surface area contributed by atoms with Gasteiger partial charge in [0.05, 0.1) is 15.7 Å². The molecule has 0 bridgehead atoms. The van der Waals surface area contributed by atoms with Crippen LogP contribution in [0.15, 0.2) is 133 Å². The van der Waals surface area contributed by atoms with Crippen LogP contribution in [0, 0.1) is 0 Å². The van der Waals surface area contributed by atoms with E-state index < -0.39 is 0 Å². The number of hydrogen-bond acceptors (Lipinski definition) is 4. The van der Waals surface area contributed by atoms with Crippen molar-refractivity contribution in [1.29, 1.82) is 0 Å². The Morgan fingerprint density at radius 2 is 0.976 bits per heavy atom. The Hall–Kier alpha value is -5.39. The first-order chi connectivity index (χ1) is 20.8. The van der Waals surface area contributed by atoms with Gasteiger partial charge in [0, 0.05) is 37.4 Å². The second-order valence-electron chi connectivity index (χ2n) is 10.4. The lowest BCUT2D eigenvalue weighted by molar-refractivity contribution is 0.955. The molecule has 5 heteroatoms. The van der Waals surface area contributed by atoms with Crippen LogP contribution in [0.4, 0.5) is 0 Å². The Morgan fingerprint density at radius 3 is 1.64 bits per heavy atom. The van der Waals surface area contributed by atoms with E-state index in [0.717, 1.165) is 22.2 Å². The summed E-state index contributed by atoms with van der Waals surface area (Å²) >= 11 is 1.84. The minimum Gasteiger partial charge on any atom is -0.276 e. The van der Waals surface area contributed by atoms with Crippen molar-refractivity contribution >= 4 is 64.1 Å². The number of hydrogen-bond donors (Lipinski definition) is 0. The molecule has 6 aromatic carbocycles. The molecule has 42 heavy (non-hydrogen) atoms. The maximum absolute atomic E-state index is 5.16. The van der Waals surface area contributed by atoms with Crippen molar-refractivity contribution in [3.8, 4) is 28.7 Å². The predicted octanol–water partition coefficient (Wildman–Crippen LogP) is 9.82. The molecule has 0 amide bonds. The lowest BCUT2D eigenvalue weighted by Crippen LogP contribution is -2.06. The summed E-state index contributed by atoms with van der Waals surface area (Å²) in [6, 6.07) is 46.4. The molecule has 196 valence electrons. The summed E-state index contributed by atoms with van der Waals surface area (Å²) in [6.45, 7) is 0. The van der Waals surface area contributed by atoms with E-state index in [4.69, 9.17) is 15.0 Å². The Balaban J connectivity index is 1.50. The number of benzene rings is 6. The lowest BCUT2D eigenvalue weighted by atomic mass is 9.99. The molecule has 9 aromatic rings. The van der Waals surface area contributed by atoms with Gasteiger partial charge in [0.15, 0.2) is 11.6 Å². The summed E-state index contributed by atoms with van der Waals surface area (Å²) < 4.78 is 4.77. The Bertz CT molecular complexity index is 2400. The van der Waals surface area contributed by atoms with Crippen molar-refractivity contribution in [1.82, 2.24) is 19.5 Å². The minimum absolute atomic E-state index is 0.614. The summed E-state index contributed by atoms with van der Waals surface area (Å²) in [4.78, 5) is 15.3. The first kappa shape index (κ1) is 23.3. The minimum atomic E-state index is 0.614. The SMILES string of the molecule is c1ccc(-c2nc(-c3ccccc3)nc(-n3c4ccccc4c4c5ccccc5c5c6ccccc6sc5c43)n2)cc1. The van der Waals surface area contributed by atoms with Gasteiger partial charge in [0.2, 0.25) is 5.95 Å². The van der Waals surface area contributed by atoms with E-state index in [9.17, 15) is 0 Å². The maximum Gasteiger partial charge on any atom is 0.238 e. The highest BCUT2D eigenvalue weighted by Crippen LogP contribution is 2.47. The van der Waals surface area contributed by atoms with Crippen LogP contribution in [-0.2, 0) is 0 Å². The quantitative estimate of drug-likeness (QED) is 0.218. The van der Waals surface area contributed by atoms with Crippen LogP contribution in [0.25, 0.3) is 81.5 Å². The van der Waals surface area contributed by atoms with Gasteiger partial charge < -0.3 is 0 Å². The Morgan fingerprint density at radius 1 is 0.452 bits per heavy atom. The summed E-state index contributed by atoms with van der Waals surface area (Å²) in [5.41, 5.74) is 4.12. The zero-order chi connectivity index (χ0) is 27.6. The van der Waals surface area contributed by atoms with Gasteiger partial charge in [0.1, 0.15) is 0 Å². The molecule has 0 saturated carbocycles. The van der Waals surface area contributed by atoms with Crippen molar-refractivity contribution in [2.24, 2.45) is 0 Å². The number of thiophene rings is 1. The van der Waals surface area contributed by atoms with Gasteiger partial charge in [0.25, 0.3) is 0 Å². The molecule has 9 rings (SSSR count). The third-order valence-electron chi connectivity index (χ3n) is 8.04. The van der Waals surface area contributed by atoms with Crippen LogP contribution >= 0.6 is 11.3 Å². The average Bonchev–Trinajstić information content (AvgIpc) is 3.62. The van der Waals surface area contributed by atoms with Crippen molar-refractivity contribution in [3.63, 3.8) is 0 Å². The topological polar surface area (TPSA) is 43.6 Å². The van der Waals surface area contributed by atoms with Crippen molar-refractivity contribution < 1.29 is 0 Å². The molecular weight excluding hydrogens is 533 g/mol. The summed E-state index contributed by atoms with van der Waals surface area (Å²) in [6.07, 6.45) is 0. The molecule has 0 unspecified atom stereocenters. The molecule has 4 nitrogen and oxygen atoms in total. The van der Waals surface area contributed by atoms with E-state index in [1.54, 1.807) is 0 Å². The molecule has 0 aliphatic carbocycles. The molecular formula is C37H22N4S. The molecule has 0 aliphatic heterocycles. The lowest BCUT2D eigenvalue weighted by Gasteiger charge is -2.12. The number of aromatic nitrogens is 4. The zero-order valence-corrected chi connectivity index (χ0v) is 23.2. The molecule has 0 saturated heterocycles. The largest absolute Gasteiger partial charge is 0.276 e. The standard InChI is InChI=1S/C37H22N4S/c1-3-13-23(14-4-1)35-38-36(24-15-5-2-6-16-24)40-37(39-35)41-29-21-11-9-19-27(29)31-25-17-7-8-18-26(25)32-28-20-10-12-22-30(28)42-34(32)33(31)41/h1-22H. The Labute approximate surface area is 245 Å². The van der Waals surface area contributed by atoms with Gasteiger partial charge in [-0.3, -0.25) is 4.57 Å². The first-order valence-electron chi connectivity index (χ1n) is 14.0. The highest BCUT2D eigenvalue weighted by Gasteiger charge is 2.23. The van der Waals surface area contributed by atoms with Crippen molar-refractivity contribution in [3.05, 3.63) is 133 Å².